The van der Waals surface area contributed by atoms with Gasteiger partial charge in [-0.25, -0.2) is 0 Å². The summed E-state index contributed by atoms with van der Waals surface area (Å²) >= 11 is -0.0312. The summed E-state index contributed by atoms with van der Waals surface area (Å²) in [5.41, 5.74) is 11.2. The van der Waals surface area contributed by atoms with Crippen molar-refractivity contribution in [2.45, 2.75) is 25.7 Å². The average Bonchev–Trinajstić information content (AvgIpc) is 3.91. The fourth-order valence-corrected chi connectivity index (χ4v) is 13.1. The number of nitrogens with zero attached hydrogens (tertiary/aromatic N) is 1. The average molecular weight is 985 g/mol. The Morgan fingerprint density at radius 2 is 1.21 bits per heavy atom. The molecule has 1 aliphatic carbocycles. The standard InChI is InChI=1S/C52H46N2OPS.3ClH.Ru/c1-36-33-37(2)51(38(3)34-36)54-32-31-53-52(54)44-27-18-29-48(50(44)46-35-45(39-19-8-5-9-20-39)42-25-14-15-26-43(42)46)56(40-21-10-6-11-22-40,41-23-12-7-13-24-41)55-47-28-16-17-30-49(47)57-4;;;;/h5-30,33-35,53H,31-32H2,1-4H3;3*1H;/q+1;;;;+3/p-3. The van der Waals surface area contributed by atoms with Gasteiger partial charge in [0.2, 0.25) is 0 Å². The van der Waals surface area contributed by atoms with E-state index in [-0.39, 0.29) is 0 Å². The number of rotatable bonds is 8. The summed E-state index contributed by atoms with van der Waals surface area (Å²) < 4.78 is 7.88. The fraction of sp³-hybridized carbons (Fsp3) is 0.115. The van der Waals surface area contributed by atoms with E-state index in [1.54, 1.807) is 11.8 Å². The van der Waals surface area contributed by atoms with Gasteiger partial charge >= 0.3 is 42.1 Å². The van der Waals surface area contributed by atoms with Crippen LogP contribution in [0.15, 0.2) is 181 Å². The number of aryl methyl sites for hydroxylation is 3. The molecule has 1 fully saturated rings. The molecule has 0 unspecified atom stereocenters. The Kier molecular flexibility index (Phi) is 13.8. The first kappa shape index (κ1) is 43.3. The zero-order chi connectivity index (χ0) is 42.5. The van der Waals surface area contributed by atoms with Crippen molar-refractivity contribution in [1.82, 2.24) is 5.32 Å². The van der Waals surface area contributed by atoms with Gasteiger partial charge in [-0.05, 0) is 115 Å². The number of hydrogen-bond acceptors (Lipinski definition) is 4. The van der Waals surface area contributed by atoms with Crippen LogP contribution in [0.25, 0.3) is 17.0 Å². The van der Waals surface area contributed by atoms with Gasteiger partial charge in [0.1, 0.15) is 16.4 Å². The first-order valence-corrected chi connectivity index (χ1v) is 29.7. The first-order chi connectivity index (χ1) is 29.7. The van der Waals surface area contributed by atoms with Crippen LogP contribution < -0.4 is 41.1 Å². The van der Waals surface area contributed by atoms with Crippen LogP contribution >= 0.6 is 48.3 Å². The number of fused-ring (bicyclic) bond motifs is 1. The predicted molar refractivity (Wildman–Crippen MR) is 263 cm³/mol. The molecule has 0 amide bonds. The third-order valence-electron chi connectivity index (χ3n) is 11.1. The molecule has 1 heterocycles. The van der Waals surface area contributed by atoms with Crippen molar-refractivity contribution < 1.29 is 17.5 Å². The van der Waals surface area contributed by atoms with Crippen molar-refractivity contribution in [2.24, 2.45) is 0 Å². The van der Waals surface area contributed by atoms with Gasteiger partial charge in [-0.3, -0.25) is 0 Å². The van der Waals surface area contributed by atoms with E-state index in [4.69, 9.17) is 33.6 Å². The number of hydrogen-bond donors (Lipinski definition) is 1. The van der Waals surface area contributed by atoms with Crippen LogP contribution in [0.5, 0.6) is 5.75 Å². The maximum atomic E-state index is 7.88. The summed E-state index contributed by atoms with van der Waals surface area (Å²) in [5.74, 6) is 2.01. The first-order valence-electron chi connectivity index (χ1n) is 20.1. The zero-order valence-corrected chi connectivity index (χ0v) is 40.1. The van der Waals surface area contributed by atoms with Crippen LogP contribution in [0.4, 0.5) is 5.69 Å². The molecule has 309 valence electrons. The van der Waals surface area contributed by atoms with E-state index in [1.165, 1.54) is 60.7 Å². The van der Waals surface area contributed by atoms with E-state index >= 15 is 0 Å². The van der Waals surface area contributed by atoms with E-state index in [0.717, 1.165) is 45.4 Å². The second kappa shape index (κ2) is 19.4. The second-order valence-corrected chi connectivity index (χ2v) is 26.6. The Bertz CT molecular complexity index is 2780. The molecule has 0 spiro atoms. The van der Waals surface area contributed by atoms with Crippen LogP contribution in [-0.2, 0) is 13.0 Å². The summed E-state index contributed by atoms with van der Waals surface area (Å²) in [6.45, 7) is 8.40. The molecule has 1 N–H and O–H groups in total. The molecular formula is C52H46Cl3N2OPRuS+. The molecule has 1 saturated heterocycles. The van der Waals surface area contributed by atoms with E-state index < -0.39 is 20.5 Å². The summed E-state index contributed by atoms with van der Waals surface area (Å²) in [6.07, 6.45) is 4.57. The molecule has 7 aromatic carbocycles. The van der Waals surface area contributed by atoms with Gasteiger partial charge < -0.3 is 14.7 Å². The van der Waals surface area contributed by atoms with Crippen molar-refractivity contribution in [3.05, 3.63) is 220 Å². The normalized spacial score (nSPS) is 15.3. The van der Waals surface area contributed by atoms with Gasteiger partial charge in [-0.2, -0.15) is 0 Å². The summed E-state index contributed by atoms with van der Waals surface area (Å²) in [6, 6.07) is 61.7. The molecule has 0 radical (unpaired) electrons. The van der Waals surface area contributed by atoms with Gasteiger partial charge in [-0.1, -0.05) is 133 Å². The molecule has 0 bridgehead atoms. The number of nitrogens with one attached hydrogen (secondary N) is 1. The minimum absolute atomic E-state index is 0.845. The SMILES string of the molecule is CSc1ccccc1O[P+](c1ccccc1)(c1ccccc1)c1cccc(=C2NCCN2c2c(C)cc(C)cc2C)c1=C1C=C(c2ccccc2)c2ccccc21.[Cl][Ru]([Cl])[Cl]. The van der Waals surface area contributed by atoms with Crippen LogP contribution in [0.2, 0.25) is 0 Å². The minimum atomic E-state index is -2.92. The number of thioether (sulfide) groups is 1. The topological polar surface area (TPSA) is 24.5 Å². The summed E-state index contributed by atoms with van der Waals surface area (Å²) in [7, 11) is 11.9. The molecule has 0 saturated carbocycles. The van der Waals surface area contributed by atoms with Crippen LogP contribution in [0.3, 0.4) is 0 Å². The maximum absolute atomic E-state index is 7.88. The molecule has 9 heteroatoms. The van der Waals surface area contributed by atoms with Gasteiger partial charge in [0, 0.05) is 29.2 Å². The zero-order valence-electron chi connectivity index (χ0n) is 34.4. The van der Waals surface area contributed by atoms with Crippen molar-refractivity contribution in [2.75, 3.05) is 24.2 Å². The Morgan fingerprint density at radius 3 is 1.84 bits per heavy atom. The van der Waals surface area contributed by atoms with Crippen molar-refractivity contribution in [1.29, 1.82) is 0 Å². The molecular weight excluding hydrogens is 939 g/mol. The number of para-hydroxylation sites is 1. The van der Waals surface area contributed by atoms with Crippen LogP contribution in [0.1, 0.15) is 33.4 Å². The molecule has 1 aliphatic heterocycles. The van der Waals surface area contributed by atoms with Gasteiger partial charge in [0.25, 0.3) is 7.49 Å². The van der Waals surface area contributed by atoms with E-state index in [9.17, 15) is 0 Å². The molecule has 9 rings (SSSR count). The predicted octanol–water partition coefficient (Wildman–Crippen LogP) is 11.5. The number of halogens is 3. The molecule has 2 aliphatic rings. The van der Waals surface area contributed by atoms with E-state index in [1.807, 2.05) is 0 Å². The van der Waals surface area contributed by atoms with E-state index in [0.29, 0.717) is 0 Å². The van der Waals surface area contributed by atoms with Crippen molar-refractivity contribution in [3.63, 3.8) is 0 Å². The van der Waals surface area contributed by atoms with Crippen molar-refractivity contribution in [3.8, 4) is 5.75 Å². The quantitative estimate of drug-likeness (QED) is 0.0932. The molecule has 0 aromatic heterocycles. The summed E-state index contributed by atoms with van der Waals surface area (Å²) in [4.78, 5) is 3.63. The number of benzene rings is 7. The number of allylic oxidation sites excluding steroid dienone is 1. The third-order valence-corrected chi connectivity index (χ3v) is 15.5. The van der Waals surface area contributed by atoms with Gasteiger partial charge in [0.15, 0.2) is 11.1 Å². The molecule has 3 nitrogen and oxygen atoms in total. The molecule has 0 atom stereocenters. The number of anilines is 1. The van der Waals surface area contributed by atoms with Crippen LogP contribution in [-0.4, -0.2) is 19.3 Å². The fourth-order valence-electron chi connectivity index (χ4n) is 8.85. The second-order valence-electron chi connectivity index (χ2n) is 14.9. The Labute approximate surface area is 382 Å². The van der Waals surface area contributed by atoms with Gasteiger partial charge in [0.05, 0.1) is 4.90 Å². The molecule has 61 heavy (non-hydrogen) atoms. The monoisotopic (exact) mass is 984 g/mol. The van der Waals surface area contributed by atoms with Crippen molar-refractivity contribution >= 4 is 86.9 Å². The Balaban J connectivity index is 0.00000123. The van der Waals surface area contributed by atoms with E-state index in [2.05, 4.69) is 213 Å². The third kappa shape index (κ3) is 8.85. The Morgan fingerprint density at radius 1 is 0.656 bits per heavy atom. The molecule has 7 aromatic rings. The van der Waals surface area contributed by atoms with Crippen LogP contribution in [0, 0.1) is 20.8 Å². The Hall–Kier alpha value is -4.31. The van der Waals surface area contributed by atoms with Gasteiger partial charge in [-0.15, -0.1) is 11.8 Å². The summed E-state index contributed by atoms with van der Waals surface area (Å²) in [5, 5.41) is 9.79.